The molecular formula is C56H73ClN8O8S2. The van der Waals surface area contributed by atoms with Gasteiger partial charge in [0.05, 0.1) is 16.4 Å². The van der Waals surface area contributed by atoms with E-state index < -0.39 is 32.1 Å². The van der Waals surface area contributed by atoms with Gasteiger partial charge in [0.2, 0.25) is 0 Å². The van der Waals surface area contributed by atoms with Crippen molar-refractivity contribution >= 4 is 68.0 Å². The van der Waals surface area contributed by atoms with Gasteiger partial charge in [0.15, 0.2) is 0 Å². The molecule has 4 aromatic carbocycles. The Bertz CT molecular complexity index is 2720. The van der Waals surface area contributed by atoms with E-state index in [9.17, 15) is 28.1 Å². The number of rotatable bonds is 18. The Kier molecular flexibility index (Phi) is 18.9. The summed E-state index contributed by atoms with van der Waals surface area (Å²) >= 11 is 7.98. The standard InChI is InChI=1S/C56H73ClN8O8S2/c1-55(2,3)73-54(67)64-32-28-62(29-33-64)41-56(4)23-21-50(42-11-15-45(57)16-12-42)44(38-56)39-61-26-30-63(31-27-61)47-17-13-43(14-18-47)53(66)59-75(70,71)49-19-20-51(52(37-49)65(68)69)58-46(40-74-48-9-6-5-7-10-48)22-25-60-24-8-35-72-36-34-60/h5-7,9-20,37,46,58H,8,21-36,38-41H2,1-4H3,(H,59,66)/t46?,56-/m1/s1. The molecule has 404 valence electrons. The minimum atomic E-state index is -4.48. The molecule has 1 aliphatic carbocycles. The largest absolute Gasteiger partial charge is 0.444 e. The Hall–Kier alpha value is -5.21. The van der Waals surface area contributed by atoms with Crippen LogP contribution in [-0.2, 0) is 19.5 Å². The molecule has 3 fully saturated rings. The van der Waals surface area contributed by atoms with E-state index in [0.717, 1.165) is 121 Å². The molecule has 4 aromatic rings. The Labute approximate surface area is 452 Å². The number of nitrogens with one attached hydrogen (secondary N) is 2. The number of anilines is 2. The quantitative estimate of drug-likeness (QED) is 0.0549. The molecule has 2 amide bonds. The van der Waals surface area contributed by atoms with E-state index >= 15 is 0 Å². The van der Waals surface area contributed by atoms with Gasteiger partial charge < -0.3 is 29.5 Å². The summed E-state index contributed by atoms with van der Waals surface area (Å²) in [4.78, 5) is 50.2. The van der Waals surface area contributed by atoms with Crippen LogP contribution in [0.15, 0.2) is 112 Å². The number of halogens is 1. The maximum Gasteiger partial charge on any atom is 0.410 e. The van der Waals surface area contributed by atoms with Gasteiger partial charge in [-0.1, -0.05) is 54.4 Å². The van der Waals surface area contributed by atoms with Gasteiger partial charge in [-0.2, -0.15) is 0 Å². The fourth-order valence-electron chi connectivity index (χ4n) is 10.5. The summed E-state index contributed by atoms with van der Waals surface area (Å²) in [6.45, 7) is 20.0. The van der Waals surface area contributed by atoms with Crippen LogP contribution in [0.5, 0.6) is 0 Å². The second-order valence-corrected chi connectivity index (χ2v) is 24.8. The molecular weight excluding hydrogens is 1010 g/mol. The summed E-state index contributed by atoms with van der Waals surface area (Å²) in [6.07, 6.45) is 4.41. The van der Waals surface area contributed by atoms with Gasteiger partial charge in [-0.05, 0) is 130 Å². The van der Waals surface area contributed by atoms with Crippen molar-refractivity contribution in [1.82, 2.24) is 24.3 Å². The number of hydrogen-bond donors (Lipinski definition) is 2. The number of nitrogens with zero attached hydrogens (tertiary/aromatic N) is 6. The maximum atomic E-state index is 13.6. The van der Waals surface area contributed by atoms with Gasteiger partial charge in [-0.25, -0.2) is 17.9 Å². The van der Waals surface area contributed by atoms with Crippen LogP contribution in [0.4, 0.5) is 21.9 Å². The number of nitro groups is 1. The predicted octanol–water partition coefficient (Wildman–Crippen LogP) is 9.37. The van der Waals surface area contributed by atoms with Gasteiger partial charge in [-0.15, -0.1) is 11.8 Å². The predicted molar refractivity (Wildman–Crippen MR) is 298 cm³/mol. The summed E-state index contributed by atoms with van der Waals surface area (Å²) in [5.41, 5.74) is 4.50. The first-order valence-electron chi connectivity index (χ1n) is 26.2. The molecule has 2 N–H and O–H groups in total. The Morgan fingerprint density at radius 2 is 1.57 bits per heavy atom. The zero-order chi connectivity index (χ0) is 53.2. The minimum absolute atomic E-state index is 0.0732. The number of allylic oxidation sites excluding steroid dienone is 1. The lowest BCUT2D eigenvalue weighted by Crippen LogP contribution is -2.52. The Morgan fingerprint density at radius 3 is 2.27 bits per heavy atom. The van der Waals surface area contributed by atoms with Gasteiger partial charge in [-0.3, -0.25) is 24.7 Å². The summed E-state index contributed by atoms with van der Waals surface area (Å²) in [5, 5.41) is 16.5. The highest BCUT2D eigenvalue weighted by molar-refractivity contribution is 7.99. The smallest absolute Gasteiger partial charge is 0.410 e. The zero-order valence-electron chi connectivity index (χ0n) is 43.8. The summed E-state index contributed by atoms with van der Waals surface area (Å²) in [7, 11) is -4.48. The van der Waals surface area contributed by atoms with Crippen molar-refractivity contribution in [2.45, 2.75) is 81.2 Å². The molecule has 0 spiro atoms. The van der Waals surface area contributed by atoms with Crippen LogP contribution in [0.25, 0.3) is 5.57 Å². The van der Waals surface area contributed by atoms with E-state index in [-0.39, 0.29) is 33.7 Å². The second kappa shape index (κ2) is 25.3. The molecule has 0 radical (unpaired) electrons. The highest BCUT2D eigenvalue weighted by Gasteiger charge is 2.36. The number of piperazine rings is 2. The average molecular weight is 1090 g/mol. The molecule has 3 heterocycles. The summed E-state index contributed by atoms with van der Waals surface area (Å²) in [5.74, 6) is -0.205. The van der Waals surface area contributed by atoms with Crippen molar-refractivity contribution in [2.75, 3.05) is 114 Å². The molecule has 0 aromatic heterocycles. The van der Waals surface area contributed by atoms with Crippen molar-refractivity contribution in [3.63, 3.8) is 0 Å². The SMILES string of the molecule is CC(C)(C)OC(=O)N1CCN(C[C@]2(C)CCC(c3ccc(Cl)cc3)=C(CN3CCN(c4ccc(C(=O)NS(=O)(=O)c5ccc(NC(CCN6CCCOCC6)CSc6ccccc6)c([N+](=O)[O-])c5)cc4)CC3)C2)CC1. The van der Waals surface area contributed by atoms with Gasteiger partial charge in [0.25, 0.3) is 21.6 Å². The summed E-state index contributed by atoms with van der Waals surface area (Å²) < 4.78 is 40.7. The molecule has 3 saturated heterocycles. The van der Waals surface area contributed by atoms with E-state index in [1.807, 2.05) is 80.3 Å². The molecule has 0 bridgehead atoms. The fourth-order valence-corrected chi connectivity index (χ4v) is 12.6. The number of ether oxygens (including phenoxy) is 2. The van der Waals surface area contributed by atoms with Crippen LogP contribution in [0.3, 0.4) is 0 Å². The van der Waals surface area contributed by atoms with Crippen LogP contribution >= 0.6 is 23.4 Å². The number of thioether (sulfide) groups is 1. The average Bonchev–Trinajstić information content (AvgIpc) is 3.67. The number of carbonyl (C=O) groups is 2. The third kappa shape index (κ3) is 15.9. The molecule has 4 aliphatic rings. The van der Waals surface area contributed by atoms with Crippen LogP contribution in [0.1, 0.15) is 75.7 Å². The molecule has 1 unspecified atom stereocenters. The Morgan fingerprint density at radius 1 is 0.867 bits per heavy atom. The number of hydrogen-bond acceptors (Lipinski definition) is 14. The first-order valence-corrected chi connectivity index (χ1v) is 29.1. The highest BCUT2D eigenvalue weighted by atomic mass is 35.5. The highest BCUT2D eigenvalue weighted by Crippen LogP contribution is 2.44. The third-order valence-corrected chi connectivity index (χ3v) is 17.3. The van der Waals surface area contributed by atoms with Gasteiger partial charge in [0, 0.05) is 131 Å². The van der Waals surface area contributed by atoms with E-state index in [0.29, 0.717) is 36.9 Å². The lowest BCUT2D eigenvalue weighted by Gasteiger charge is -2.44. The maximum absolute atomic E-state index is 13.6. The number of sulfonamides is 1. The van der Waals surface area contributed by atoms with Gasteiger partial charge >= 0.3 is 6.09 Å². The van der Waals surface area contributed by atoms with E-state index in [1.165, 1.54) is 28.8 Å². The van der Waals surface area contributed by atoms with E-state index in [1.54, 1.807) is 23.9 Å². The van der Waals surface area contributed by atoms with E-state index in [2.05, 4.69) is 48.7 Å². The molecule has 2 atom stereocenters. The number of carbonyl (C=O) groups excluding carboxylic acids is 2. The molecule has 16 nitrogen and oxygen atoms in total. The molecule has 75 heavy (non-hydrogen) atoms. The number of amides is 2. The molecule has 8 rings (SSSR count). The van der Waals surface area contributed by atoms with Crippen molar-refractivity contribution < 1.29 is 32.4 Å². The summed E-state index contributed by atoms with van der Waals surface area (Å²) in [6, 6.07) is 28.6. The van der Waals surface area contributed by atoms with Crippen molar-refractivity contribution in [3.05, 3.63) is 129 Å². The van der Waals surface area contributed by atoms with Crippen LogP contribution in [0.2, 0.25) is 5.02 Å². The van der Waals surface area contributed by atoms with E-state index in [4.69, 9.17) is 21.1 Å². The third-order valence-electron chi connectivity index (χ3n) is 14.5. The topological polar surface area (TPSA) is 170 Å². The number of nitro benzene ring substituents is 1. The van der Waals surface area contributed by atoms with Crippen molar-refractivity contribution in [3.8, 4) is 0 Å². The van der Waals surface area contributed by atoms with Crippen LogP contribution < -0.4 is 14.9 Å². The second-order valence-electron chi connectivity index (χ2n) is 21.6. The monoisotopic (exact) mass is 1080 g/mol. The molecule has 3 aliphatic heterocycles. The van der Waals surface area contributed by atoms with Crippen LogP contribution in [-0.4, -0.2) is 161 Å². The van der Waals surface area contributed by atoms with Crippen LogP contribution in [0, 0.1) is 15.5 Å². The molecule has 0 saturated carbocycles. The fraction of sp³-hybridized carbons (Fsp3) is 0.500. The minimum Gasteiger partial charge on any atom is -0.444 e. The lowest BCUT2D eigenvalue weighted by atomic mass is 9.71. The van der Waals surface area contributed by atoms with Crippen molar-refractivity contribution in [2.24, 2.45) is 5.41 Å². The normalized spacial score (nSPS) is 20.1. The Balaban J connectivity index is 0.865. The first kappa shape index (κ1) is 56.0. The molecule has 19 heteroatoms. The lowest BCUT2D eigenvalue weighted by molar-refractivity contribution is -0.384. The van der Waals surface area contributed by atoms with Gasteiger partial charge in [0.1, 0.15) is 11.3 Å². The number of benzene rings is 4. The first-order chi connectivity index (χ1) is 35.9. The zero-order valence-corrected chi connectivity index (χ0v) is 46.2. The van der Waals surface area contributed by atoms with Crippen molar-refractivity contribution in [1.29, 1.82) is 0 Å².